The van der Waals surface area contributed by atoms with Gasteiger partial charge in [-0.1, -0.05) is 18.2 Å². The zero-order valence-electron chi connectivity index (χ0n) is 11.4. The van der Waals surface area contributed by atoms with Crippen molar-refractivity contribution in [1.29, 1.82) is 0 Å². The maximum atomic E-state index is 13.7. The third kappa shape index (κ3) is 3.12. The fraction of sp³-hybridized carbons (Fsp3) is 0.429. The fourth-order valence-corrected chi connectivity index (χ4v) is 3.34. The van der Waals surface area contributed by atoms with E-state index in [9.17, 15) is 14.0 Å². The third-order valence-corrected chi connectivity index (χ3v) is 4.49. The first-order valence-electron chi connectivity index (χ1n) is 6.50. The Morgan fingerprint density at radius 2 is 2.10 bits per heavy atom. The van der Waals surface area contributed by atoms with Gasteiger partial charge < -0.3 is 5.32 Å². The summed E-state index contributed by atoms with van der Waals surface area (Å²) in [6, 6.07) is 6.19. The van der Waals surface area contributed by atoms with Gasteiger partial charge in [0.1, 0.15) is 5.82 Å². The minimum Gasteiger partial charge on any atom is -0.336 e. The van der Waals surface area contributed by atoms with Gasteiger partial charge in [0.15, 0.2) is 0 Å². The number of hydrogen-bond donors (Lipinski definition) is 1. The van der Waals surface area contributed by atoms with Crippen LogP contribution in [0.1, 0.15) is 24.7 Å². The average Bonchev–Trinajstić information content (AvgIpc) is 2.84. The van der Waals surface area contributed by atoms with Gasteiger partial charge >= 0.3 is 6.03 Å². The Hall–Kier alpha value is -1.56. The van der Waals surface area contributed by atoms with Crippen molar-refractivity contribution in [2.45, 2.75) is 24.3 Å². The molecule has 1 aliphatic heterocycles. The predicted octanol–water partition coefficient (Wildman–Crippen LogP) is 2.56. The summed E-state index contributed by atoms with van der Waals surface area (Å²) in [5.74, 6) is -0.501. The first-order chi connectivity index (χ1) is 9.50. The maximum Gasteiger partial charge on any atom is 0.324 e. The van der Waals surface area contributed by atoms with Crippen LogP contribution in [0.25, 0.3) is 0 Å². The summed E-state index contributed by atoms with van der Waals surface area (Å²) >= 11 is 1.35. The zero-order valence-corrected chi connectivity index (χ0v) is 12.2. The number of nitrogens with zero attached hydrogens (tertiary/aromatic N) is 1. The van der Waals surface area contributed by atoms with Gasteiger partial charge in [0.05, 0.1) is 5.25 Å². The molecule has 1 fully saturated rings. The molecule has 4 nitrogen and oxygen atoms in total. The van der Waals surface area contributed by atoms with Gasteiger partial charge in [-0.25, -0.2) is 9.18 Å². The Bertz CT molecular complexity index is 524. The molecule has 2 atom stereocenters. The first-order valence-corrected chi connectivity index (χ1v) is 7.44. The number of carbonyl (C=O) groups is 2. The first kappa shape index (κ1) is 14.8. The van der Waals surface area contributed by atoms with E-state index >= 15 is 0 Å². The normalized spacial score (nSPS) is 17.8. The molecule has 1 aromatic carbocycles. The van der Waals surface area contributed by atoms with Crippen molar-refractivity contribution in [3.8, 4) is 0 Å². The maximum absolute atomic E-state index is 13.7. The van der Waals surface area contributed by atoms with Crippen LogP contribution >= 0.6 is 11.8 Å². The van der Waals surface area contributed by atoms with E-state index in [-0.39, 0.29) is 23.0 Å². The highest BCUT2D eigenvalue weighted by Crippen LogP contribution is 2.33. The molecule has 1 aliphatic rings. The van der Waals surface area contributed by atoms with E-state index in [1.165, 1.54) is 22.7 Å². The van der Waals surface area contributed by atoms with Crippen molar-refractivity contribution in [3.63, 3.8) is 0 Å². The second kappa shape index (κ2) is 6.26. The molecule has 0 aliphatic carbocycles. The number of urea groups is 1. The molecule has 0 radical (unpaired) electrons. The van der Waals surface area contributed by atoms with E-state index in [0.29, 0.717) is 18.7 Å². The monoisotopic (exact) mass is 296 g/mol. The highest BCUT2D eigenvalue weighted by Gasteiger charge is 2.31. The highest BCUT2D eigenvalue weighted by molar-refractivity contribution is 8.00. The van der Waals surface area contributed by atoms with Crippen molar-refractivity contribution < 1.29 is 14.0 Å². The molecule has 1 saturated heterocycles. The number of benzene rings is 1. The Morgan fingerprint density at radius 1 is 1.40 bits per heavy atom. The molecule has 108 valence electrons. The van der Waals surface area contributed by atoms with Crippen molar-refractivity contribution in [3.05, 3.63) is 35.6 Å². The summed E-state index contributed by atoms with van der Waals surface area (Å²) in [5, 5.41) is 2.05. The Balaban J connectivity index is 2.00. The number of imide groups is 1. The van der Waals surface area contributed by atoms with Crippen molar-refractivity contribution in [2.24, 2.45) is 0 Å². The molecule has 20 heavy (non-hydrogen) atoms. The molecule has 6 heteroatoms. The number of carbonyl (C=O) groups excluding carboxylic acids is 2. The van der Waals surface area contributed by atoms with Crippen molar-refractivity contribution in [2.75, 3.05) is 13.1 Å². The Morgan fingerprint density at radius 3 is 2.70 bits per heavy atom. The molecular formula is C14H17FN2O2S. The highest BCUT2D eigenvalue weighted by atomic mass is 32.2. The molecule has 0 aromatic heterocycles. The van der Waals surface area contributed by atoms with Crippen LogP contribution < -0.4 is 5.32 Å². The number of nitrogens with one attached hydrogen (secondary N) is 1. The van der Waals surface area contributed by atoms with Crippen LogP contribution in [0.2, 0.25) is 0 Å². The van der Waals surface area contributed by atoms with Gasteiger partial charge in [-0.05, 0) is 19.9 Å². The Labute approximate surface area is 121 Å². The molecule has 1 heterocycles. The number of amides is 3. The van der Waals surface area contributed by atoms with Gasteiger partial charge in [-0.2, -0.15) is 0 Å². The molecule has 0 saturated carbocycles. The molecule has 3 amide bonds. The van der Waals surface area contributed by atoms with Gasteiger partial charge in [0.25, 0.3) is 0 Å². The summed E-state index contributed by atoms with van der Waals surface area (Å²) in [4.78, 5) is 24.8. The molecule has 0 spiro atoms. The minimum atomic E-state index is -0.395. The number of rotatable bonds is 4. The largest absolute Gasteiger partial charge is 0.336 e. The predicted molar refractivity (Wildman–Crippen MR) is 77.0 cm³/mol. The smallest absolute Gasteiger partial charge is 0.324 e. The van der Waals surface area contributed by atoms with E-state index in [1.807, 2.05) is 6.92 Å². The SMILES string of the molecule is CC(SC(C)c1ccccc1F)C(=O)N1CCNC1=O. The van der Waals surface area contributed by atoms with Crippen LogP contribution in [0, 0.1) is 5.82 Å². The summed E-state index contributed by atoms with van der Waals surface area (Å²) in [7, 11) is 0. The number of hydrogen-bond acceptors (Lipinski definition) is 3. The van der Waals surface area contributed by atoms with Crippen LogP contribution in [-0.4, -0.2) is 35.2 Å². The fourth-order valence-electron chi connectivity index (χ4n) is 2.14. The lowest BCUT2D eigenvalue weighted by Gasteiger charge is -2.21. The van der Waals surface area contributed by atoms with Gasteiger partial charge in [0, 0.05) is 23.9 Å². The minimum absolute atomic E-state index is 0.152. The molecule has 1 N–H and O–H groups in total. The van der Waals surface area contributed by atoms with Gasteiger partial charge in [-0.15, -0.1) is 11.8 Å². The molecular weight excluding hydrogens is 279 g/mol. The molecule has 1 aromatic rings. The third-order valence-electron chi connectivity index (χ3n) is 3.22. The van der Waals surface area contributed by atoms with Crippen molar-refractivity contribution in [1.82, 2.24) is 10.2 Å². The van der Waals surface area contributed by atoms with E-state index in [0.717, 1.165) is 0 Å². The van der Waals surface area contributed by atoms with Crippen LogP contribution in [0.4, 0.5) is 9.18 Å². The standard InChI is InChI=1S/C14H17FN2O2S/c1-9(11-5-3-4-6-12(11)15)20-10(2)13(18)17-8-7-16-14(17)19/h3-6,9-10H,7-8H2,1-2H3,(H,16,19). The van der Waals surface area contributed by atoms with Gasteiger partial charge in [-0.3, -0.25) is 9.69 Å². The summed E-state index contributed by atoms with van der Waals surface area (Å²) in [5.41, 5.74) is 0.572. The molecule has 2 rings (SSSR count). The van der Waals surface area contributed by atoms with Crippen LogP contribution in [0.15, 0.2) is 24.3 Å². The second-order valence-electron chi connectivity index (χ2n) is 4.66. The van der Waals surface area contributed by atoms with E-state index in [1.54, 1.807) is 25.1 Å². The lowest BCUT2D eigenvalue weighted by Crippen LogP contribution is -2.39. The van der Waals surface area contributed by atoms with E-state index < -0.39 is 5.25 Å². The van der Waals surface area contributed by atoms with Crippen LogP contribution in [0.5, 0.6) is 0 Å². The topological polar surface area (TPSA) is 49.4 Å². The van der Waals surface area contributed by atoms with Crippen LogP contribution in [-0.2, 0) is 4.79 Å². The lowest BCUT2D eigenvalue weighted by molar-refractivity contribution is -0.126. The van der Waals surface area contributed by atoms with Crippen molar-refractivity contribution >= 4 is 23.7 Å². The summed E-state index contributed by atoms with van der Waals surface area (Å²) in [6.07, 6.45) is 0. The quantitative estimate of drug-likeness (QED) is 0.929. The lowest BCUT2D eigenvalue weighted by atomic mass is 10.1. The molecule has 0 bridgehead atoms. The number of thioether (sulfide) groups is 1. The van der Waals surface area contributed by atoms with E-state index in [2.05, 4.69) is 5.32 Å². The second-order valence-corrected chi connectivity index (χ2v) is 6.35. The average molecular weight is 296 g/mol. The van der Waals surface area contributed by atoms with Gasteiger partial charge in [0.2, 0.25) is 5.91 Å². The van der Waals surface area contributed by atoms with Crippen LogP contribution in [0.3, 0.4) is 0 Å². The summed E-state index contributed by atoms with van der Waals surface area (Å²) < 4.78 is 13.7. The van der Waals surface area contributed by atoms with E-state index in [4.69, 9.17) is 0 Å². The zero-order chi connectivity index (χ0) is 14.7. The number of halogens is 1. The Kier molecular flexibility index (Phi) is 4.65. The summed E-state index contributed by atoms with van der Waals surface area (Å²) in [6.45, 7) is 4.49. The molecule has 2 unspecified atom stereocenters.